The number of carbonyl (C=O) groups excluding carboxylic acids is 1. The summed E-state index contributed by atoms with van der Waals surface area (Å²) in [5.74, 6) is 0.0242. The molecule has 2 rings (SSSR count). The first-order valence-corrected chi connectivity index (χ1v) is 7.32. The van der Waals surface area contributed by atoms with Crippen LogP contribution in [0.25, 0.3) is 0 Å². The van der Waals surface area contributed by atoms with Gasteiger partial charge in [-0.25, -0.2) is 4.98 Å². The number of aromatic nitrogens is 1. The first-order chi connectivity index (χ1) is 8.48. The Balaban J connectivity index is 0.00000180. The zero-order valence-corrected chi connectivity index (χ0v) is 14.5. The van der Waals surface area contributed by atoms with Crippen molar-refractivity contribution in [3.05, 3.63) is 16.1 Å². The van der Waals surface area contributed by atoms with Crippen LogP contribution in [0.2, 0.25) is 0 Å². The van der Waals surface area contributed by atoms with Crippen molar-refractivity contribution < 1.29 is 4.79 Å². The fourth-order valence-electron chi connectivity index (χ4n) is 2.17. The van der Waals surface area contributed by atoms with Crippen LogP contribution in [0.5, 0.6) is 0 Å². The van der Waals surface area contributed by atoms with E-state index < -0.39 is 0 Å². The van der Waals surface area contributed by atoms with Crippen molar-refractivity contribution in [2.45, 2.75) is 45.1 Å². The fourth-order valence-corrected chi connectivity index (χ4v) is 3.07. The Morgan fingerprint density at radius 2 is 2.15 bits per heavy atom. The van der Waals surface area contributed by atoms with Gasteiger partial charge in [-0.15, -0.1) is 36.2 Å². The van der Waals surface area contributed by atoms with Gasteiger partial charge in [-0.3, -0.25) is 4.79 Å². The van der Waals surface area contributed by atoms with E-state index >= 15 is 0 Å². The van der Waals surface area contributed by atoms with Gasteiger partial charge < -0.3 is 10.6 Å². The van der Waals surface area contributed by atoms with E-state index in [1.165, 1.54) is 11.3 Å². The number of hydrogen-bond acceptors (Lipinski definition) is 4. The van der Waals surface area contributed by atoms with Gasteiger partial charge in [0.25, 0.3) is 5.91 Å². The lowest BCUT2D eigenvalue weighted by Crippen LogP contribution is -2.45. The molecule has 1 amide bonds. The molecule has 1 fully saturated rings. The standard InChI is InChI=1S/C13H21N3OS.2ClH/c1-13(2,3)11-10(18-8-15-11)12(17)16-9-5-4-6-14-7-9;;/h8-9,14H,4-7H2,1-3H3,(H,16,17);2*1H. The molecule has 7 heteroatoms. The number of halogens is 2. The molecule has 0 aliphatic carbocycles. The molecule has 2 N–H and O–H groups in total. The quantitative estimate of drug-likeness (QED) is 0.870. The molecule has 1 unspecified atom stereocenters. The Bertz CT molecular complexity index is 425. The maximum absolute atomic E-state index is 12.3. The maximum atomic E-state index is 12.3. The van der Waals surface area contributed by atoms with E-state index in [4.69, 9.17) is 0 Å². The van der Waals surface area contributed by atoms with Crippen LogP contribution in [0.3, 0.4) is 0 Å². The van der Waals surface area contributed by atoms with Crippen LogP contribution in [-0.4, -0.2) is 30.0 Å². The molecule has 1 aliphatic heterocycles. The Kier molecular flexibility index (Phi) is 8.03. The highest BCUT2D eigenvalue weighted by atomic mass is 35.5. The summed E-state index contributed by atoms with van der Waals surface area (Å²) in [7, 11) is 0. The number of amides is 1. The van der Waals surface area contributed by atoms with Crippen LogP contribution in [0.15, 0.2) is 5.51 Å². The second-order valence-electron chi connectivity index (χ2n) is 5.80. The number of nitrogens with one attached hydrogen (secondary N) is 2. The molecule has 4 nitrogen and oxygen atoms in total. The molecule has 1 aliphatic rings. The summed E-state index contributed by atoms with van der Waals surface area (Å²) in [5.41, 5.74) is 2.57. The molecule has 1 aromatic heterocycles. The predicted octanol–water partition coefficient (Wildman–Crippen LogP) is 2.77. The summed E-state index contributed by atoms with van der Waals surface area (Å²) in [6.45, 7) is 8.18. The summed E-state index contributed by atoms with van der Waals surface area (Å²) < 4.78 is 0. The van der Waals surface area contributed by atoms with E-state index in [1.807, 2.05) is 0 Å². The number of nitrogens with zero attached hydrogens (tertiary/aromatic N) is 1. The minimum Gasteiger partial charge on any atom is -0.347 e. The van der Waals surface area contributed by atoms with Gasteiger partial charge >= 0.3 is 0 Å². The number of hydrogen-bond donors (Lipinski definition) is 2. The monoisotopic (exact) mass is 339 g/mol. The van der Waals surface area contributed by atoms with Crippen molar-refractivity contribution in [3.63, 3.8) is 0 Å². The lowest BCUT2D eigenvalue weighted by molar-refractivity contribution is 0.0932. The van der Waals surface area contributed by atoms with Crippen molar-refractivity contribution in [1.29, 1.82) is 0 Å². The van der Waals surface area contributed by atoms with E-state index in [0.29, 0.717) is 0 Å². The second kappa shape index (κ2) is 8.17. The highest BCUT2D eigenvalue weighted by molar-refractivity contribution is 7.11. The van der Waals surface area contributed by atoms with E-state index in [-0.39, 0.29) is 42.2 Å². The molecule has 20 heavy (non-hydrogen) atoms. The molecule has 0 aromatic carbocycles. The minimum absolute atomic E-state index is 0. The van der Waals surface area contributed by atoms with Gasteiger partial charge in [0, 0.05) is 18.0 Å². The highest BCUT2D eigenvalue weighted by Crippen LogP contribution is 2.27. The lowest BCUT2D eigenvalue weighted by atomic mass is 9.91. The van der Waals surface area contributed by atoms with E-state index in [2.05, 4.69) is 36.4 Å². The van der Waals surface area contributed by atoms with Gasteiger partial charge in [0.2, 0.25) is 0 Å². The average molecular weight is 340 g/mol. The predicted molar refractivity (Wildman–Crippen MR) is 88.7 cm³/mol. The van der Waals surface area contributed by atoms with Crippen LogP contribution >= 0.6 is 36.2 Å². The SMILES string of the molecule is CC(C)(C)c1ncsc1C(=O)NC1CCCNC1.Cl.Cl. The summed E-state index contributed by atoms with van der Waals surface area (Å²) in [6.07, 6.45) is 2.18. The van der Waals surface area contributed by atoms with Crippen molar-refractivity contribution in [2.24, 2.45) is 0 Å². The molecule has 1 saturated heterocycles. The first kappa shape index (κ1) is 19.6. The number of piperidine rings is 1. The molecule has 0 radical (unpaired) electrons. The topological polar surface area (TPSA) is 54.0 Å². The molecule has 1 aromatic rings. The van der Waals surface area contributed by atoms with Crippen LogP contribution < -0.4 is 10.6 Å². The van der Waals surface area contributed by atoms with Crippen LogP contribution in [-0.2, 0) is 5.41 Å². The van der Waals surface area contributed by atoms with Gasteiger partial charge in [0.1, 0.15) is 4.88 Å². The van der Waals surface area contributed by atoms with Crippen molar-refractivity contribution in [3.8, 4) is 0 Å². The molecule has 1 atom stereocenters. The first-order valence-electron chi connectivity index (χ1n) is 6.44. The van der Waals surface area contributed by atoms with Crippen molar-refractivity contribution >= 4 is 42.1 Å². The maximum Gasteiger partial charge on any atom is 0.263 e. The smallest absolute Gasteiger partial charge is 0.263 e. The van der Waals surface area contributed by atoms with Crippen LogP contribution in [0, 0.1) is 0 Å². The van der Waals surface area contributed by atoms with Gasteiger partial charge in [-0.05, 0) is 19.4 Å². The Morgan fingerprint density at radius 3 is 2.70 bits per heavy atom. The van der Waals surface area contributed by atoms with Gasteiger partial charge in [0.05, 0.1) is 11.2 Å². The molecular weight excluding hydrogens is 317 g/mol. The van der Waals surface area contributed by atoms with Gasteiger partial charge in [-0.1, -0.05) is 20.8 Å². The van der Waals surface area contributed by atoms with Crippen molar-refractivity contribution in [2.75, 3.05) is 13.1 Å². The summed E-state index contributed by atoms with van der Waals surface area (Å²) >= 11 is 1.43. The summed E-state index contributed by atoms with van der Waals surface area (Å²) in [5, 5.41) is 6.41. The molecule has 0 spiro atoms. The highest BCUT2D eigenvalue weighted by Gasteiger charge is 2.26. The Hall–Kier alpha value is -0.360. The van der Waals surface area contributed by atoms with E-state index in [9.17, 15) is 4.79 Å². The minimum atomic E-state index is -0.0858. The van der Waals surface area contributed by atoms with Crippen LogP contribution in [0.4, 0.5) is 0 Å². The molecule has 0 saturated carbocycles. The third-order valence-electron chi connectivity index (χ3n) is 3.12. The van der Waals surface area contributed by atoms with Crippen molar-refractivity contribution in [1.82, 2.24) is 15.6 Å². The number of thiazole rings is 1. The molecule has 116 valence electrons. The Morgan fingerprint density at radius 1 is 1.45 bits per heavy atom. The second-order valence-corrected chi connectivity index (χ2v) is 6.65. The average Bonchev–Trinajstić information content (AvgIpc) is 2.79. The summed E-state index contributed by atoms with van der Waals surface area (Å²) in [4.78, 5) is 17.4. The molecule has 0 bridgehead atoms. The third-order valence-corrected chi connectivity index (χ3v) is 3.94. The van der Waals surface area contributed by atoms with Gasteiger partial charge in [0.15, 0.2) is 0 Å². The zero-order chi connectivity index (χ0) is 13.2. The normalized spacial score (nSPS) is 18.6. The number of rotatable bonds is 2. The van der Waals surface area contributed by atoms with E-state index in [1.54, 1.807) is 5.51 Å². The Labute approximate surface area is 137 Å². The fraction of sp³-hybridized carbons (Fsp3) is 0.692. The molecule has 2 heterocycles. The zero-order valence-electron chi connectivity index (χ0n) is 12.1. The lowest BCUT2D eigenvalue weighted by Gasteiger charge is -2.24. The summed E-state index contributed by atoms with van der Waals surface area (Å²) in [6, 6.07) is 0.251. The van der Waals surface area contributed by atoms with E-state index in [0.717, 1.165) is 36.5 Å². The third kappa shape index (κ3) is 4.88. The van der Waals surface area contributed by atoms with Crippen LogP contribution in [0.1, 0.15) is 49.0 Å². The number of carbonyl (C=O) groups is 1. The largest absolute Gasteiger partial charge is 0.347 e. The van der Waals surface area contributed by atoms with Gasteiger partial charge in [-0.2, -0.15) is 0 Å². The molecular formula is C13H23Cl2N3OS.